The first-order valence-electron chi connectivity index (χ1n) is 4.31. The maximum absolute atomic E-state index is 9.49. The maximum atomic E-state index is 9.49. The third-order valence-electron chi connectivity index (χ3n) is 1.98. The largest absolute Gasteiger partial charge is 0.464 e. The zero-order valence-electron chi connectivity index (χ0n) is 7.51. The van der Waals surface area contributed by atoms with Crippen LogP contribution in [0.2, 0.25) is 0 Å². The molecule has 3 N–H and O–H groups in total. The summed E-state index contributed by atoms with van der Waals surface area (Å²) in [6.45, 7) is 0.248. The molecule has 2 heterocycles. The summed E-state index contributed by atoms with van der Waals surface area (Å²) in [6.07, 6.45) is 1.06. The molecule has 1 atom stereocenters. The smallest absolute Gasteiger partial charge is 0.134 e. The Morgan fingerprint density at radius 2 is 2.43 bits per heavy atom. The van der Waals surface area contributed by atoms with Gasteiger partial charge in [-0.2, -0.15) is 0 Å². The Hall–Kier alpha value is -1.10. The molecule has 0 aromatic carbocycles. The summed E-state index contributed by atoms with van der Waals surface area (Å²) in [5.74, 6) is 0.816. The summed E-state index contributed by atoms with van der Waals surface area (Å²) >= 11 is 1.49. The van der Waals surface area contributed by atoms with Crippen molar-refractivity contribution in [2.75, 3.05) is 6.54 Å². The Morgan fingerprint density at radius 1 is 1.57 bits per heavy atom. The fraction of sp³-hybridized carbons (Fsp3) is 0.200. The highest BCUT2D eigenvalue weighted by Crippen LogP contribution is 2.29. The van der Waals surface area contributed by atoms with Crippen LogP contribution in [0.15, 0.2) is 34.3 Å². The number of aliphatic hydroxyl groups is 1. The van der Waals surface area contributed by atoms with Gasteiger partial charge in [-0.25, -0.2) is 0 Å². The molecule has 0 fully saturated rings. The lowest BCUT2D eigenvalue weighted by atomic mass is 10.2. The molecule has 0 amide bonds. The molecule has 14 heavy (non-hydrogen) atoms. The van der Waals surface area contributed by atoms with Crippen LogP contribution in [0.1, 0.15) is 11.0 Å². The van der Waals surface area contributed by atoms with E-state index >= 15 is 0 Å². The van der Waals surface area contributed by atoms with Crippen LogP contribution in [-0.2, 0) is 0 Å². The van der Waals surface area contributed by atoms with Gasteiger partial charge in [0.15, 0.2) is 0 Å². The van der Waals surface area contributed by atoms with E-state index in [4.69, 9.17) is 10.2 Å². The van der Waals surface area contributed by atoms with Gasteiger partial charge in [-0.3, -0.25) is 0 Å². The van der Waals surface area contributed by atoms with Crippen LogP contribution in [0, 0.1) is 0 Å². The highest BCUT2D eigenvalue weighted by Gasteiger charge is 2.10. The molecule has 4 heteroatoms. The number of aliphatic hydroxyl groups excluding tert-OH is 1. The number of furan rings is 1. The van der Waals surface area contributed by atoms with Gasteiger partial charge in [0.2, 0.25) is 0 Å². The Kier molecular flexibility index (Phi) is 2.67. The van der Waals surface area contributed by atoms with Crippen LogP contribution in [0.5, 0.6) is 0 Å². The minimum Gasteiger partial charge on any atom is -0.464 e. The predicted octanol–water partition coefficient (Wildman–Crippen LogP) is 2.00. The Labute approximate surface area is 85.8 Å². The van der Waals surface area contributed by atoms with Gasteiger partial charge in [-0.15, -0.1) is 11.3 Å². The van der Waals surface area contributed by atoms with E-state index in [1.807, 2.05) is 23.6 Å². The van der Waals surface area contributed by atoms with Gasteiger partial charge in [-0.05, 0) is 18.2 Å². The van der Waals surface area contributed by atoms with E-state index in [1.54, 1.807) is 6.26 Å². The average Bonchev–Trinajstić information content (AvgIpc) is 2.86. The monoisotopic (exact) mass is 209 g/mol. The van der Waals surface area contributed by atoms with Crippen molar-refractivity contribution in [3.8, 4) is 11.3 Å². The number of hydrogen-bond acceptors (Lipinski definition) is 4. The fourth-order valence-corrected chi connectivity index (χ4v) is 2.11. The van der Waals surface area contributed by atoms with Gasteiger partial charge in [0, 0.05) is 22.4 Å². The summed E-state index contributed by atoms with van der Waals surface area (Å²) in [6, 6.07) is 5.63. The highest BCUT2D eigenvalue weighted by atomic mass is 32.1. The van der Waals surface area contributed by atoms with E-state index in [9.17, 15) is 5.11 Å². The molecule has 0 radical (unpaired) electrons. The third kappa shape index (κ3) is 1.72. The normalized spacial score (nSPS) is 13.0. The van der Waals surface area contributed by atoms with E-state index < -0.39 is 6.10 Å². The quantitative estimate of drug-likeness (QED) is 0.812. The van der Waals surface area contributed by atoms with Crippen molar-refractivity contribution in [1.29, 1.82) is 0 Å². The number of hydrogen-bond donors (Lipinski definition) is 2. The molecule has 3 nitrogen and oxygen atoms in total. The molecule has 2 rings (SSSR count). The maximum Gasteiger partial charge on any atom is 0.134 e. The molecular weight excluding hydrogens is 198 g/mol. The van der Waals surface area contributed by atoms with E-state index in [1.165, 1.54) is 11.3 Å². The number of nitrogens with two attached hydrogens (primary N) is 1. The highest BCUT2D eigenvalue weighted by molar-refractivity contribution is 7.10. The van der Waals surface area contributed by atoms with Crippen LogP contribution >= 0.6 is 11.3 Å². The first-order valence-corrected chi connectivity index (χ1v) is 5.19. The van der Waals surface area contributed by atoms with E-state index in [0.717, 1.165) is 16.2 Å². The first-order chi connectivity index (χ1) is 6.81. The molecule has 0 saturated carbocycles. The molecule has 1 unspecified atom stereocenters. The van der Waals surface area contributed by atoms with Gasteiger partial charge in [0.05, 0.1) is 6.26 Å². The topological polar surface area (TPSA) is 59.4 Å². The molecule has 2 aromatic heterocycles. The predicted molar refractivity (Wildman–Crippen MR) is 56.0 cm³/mol. The molecule has 0 aliphatic carbocycles. The van der Waals surface area contributed by atoms with Gasteiger partial charge in [0.25, 0.3) is 0 Å². The Morgan fingerprint density at radius 3 is 3.07 bits per heavy atom. The molecule has 74 valence electrons. The second kappa shape index (κ2) is 3.96. The van der Waals surface area contributed by atoms with Crippen molar-refractivity contribution in [2.45, 2.75) is 6.10 Å². The summed E-state index contributed by atoms with van der Waals surface area (Å²) in [5, 5.41) is 11.4. The summed E-state index contributed by atoms with van der Waals surface area (Å²) in [4.78, 5) is 0.874. The molecule has 0 bridgehead atoms. The van der Waals surface area contributed by atoms with Crippen LogP contribution in [-0.4, -0.2) is 11.7 Å². The second-order valence-electron chi connectivity index (χ2n) is 2.97. The Balaban J connectivity index is 2.26. The van der Waals surface area contributed by atoms with Crippen molar-refractivity contribution in [3.05, 3.63) is 34.7 Å². The van der Waals surface area contributed by atoms with Gasteiger partial charge in [-0.1, -0.05) is 0 Å². The van der Waals surface area contributed by atoms with E-state index in [0.29, 0.717) is 0 Å². The van der Waals surface area contributed by atoms with Crippen molar-refractivity contribution < 1.29 is 9.52 Å². The lowest BCUT2D eigenvalue weighted by Crippen LogP contribution is -2.09. The molecular formula is C10H11NO2S. The first kappa shape index (κ1) is 9.45. The zero-order valence-corrected chi connectivity index (χ0v) is 8.33. The number of thiophene rings is 1. The summed E-state index contributed by atoms with van der Waals surface area (Å²) in [5.41, 5.74) is 6.35. The van der Waals surface area contributed by atoms with Gasteiger partial charge in [0.1, 0.15) is 11.9 Å². The van der Waals surface area contributed by atoms with Gasteiger partial charge < -0.3 is 15.3 Å². The fourth-order valence-electron chi connectivity index (χ4n) is 1.22. The van der Waals surface area contributed by atoms with Crippen LogP contribution in [0.4, 0.5) is 0 Å². The molecule has 0 saturated heterocycles. The lowest BCUT2D eigenvalue weighted by molar-refractivity contribution is 0.190. The minimum atomic E-state index is -0.566. The zero-order chi connectivity index (χ0) is 9.97. The lowest BCUT2D eigenvalue weighted by Gasteiger charge is -2.01. The second-order valence-corrected chi connectivity index (χ2v) is 3.91. The van der Waals surface area contributed by atoms with Crippen molar-refractivity contribution in [3.63, 3.8) is 0 Å². The van der Waals surface area contributed by atoms with E-state index in [2.05, 4.69) is 0 Å². The van der Waals surface area contributed by atoms with Crippen molar-refractivity contribution in [1.82, 2.24) is 0 Å². The molecule has 2 aromatic rings. The standard InChI is InChI=1S/C10H11NO2S/c11-5-8(12)10-4-7(6-14-10)9-2-1-3-13-9/h1-4,6,8,12H,5,11H2. The van der Waals surface area contributed by atoms with Crippen molar-refractivity contribution >= 4 is 11.3 Å². The van der Waals surface area contributed by atoms with E-state index in [-0.39, 0.29) is 6.54 Å². The molecule has 0 aliphatic rings. The SMILES string of the molecule is NCC(O)c1cc(-c2ccco2)cs1. The van der Waals surface area contributed by atoms with Gasteiger partial charge >= 0.3 is 0 Å². The molecule has 0 aliphatic heterocycles. The summed E-state index contributed by atoms with van der Waals surface area (Å²) in [7, 11) is 0. The molecule has 0 spiro atoms. The number of rotatable bonds is 3. The van der Waals surface area contributed by atoms with Crippen LogP contribution in [0.3, 0.4) is 0 Å². The average molecular weight is 209 g/mol. The van der Waals surface area contributed by atoms with Crippen LogP contribution in [0.25, 0.3) is 11.3 Å². The third-order valence-corrected chi connectivity index (χ3v) is 3.01. The van der Waals surface area contributed by atoms with Crippen molar-refractivity contribution in [2.24, 2.45) is 5.73 Å². The minimum absolute atomic E-state index is 0.248. The summed E-state index contributed by atoms with van der Waals surface area (Å²) < 4.78 is 5.24. The van der Waals surface area contributed by atoms with Crippen LogP contribution < -0.4 is 5.73 Å². The Bertz CT molecular complexity index is 394.